The Morgan fingerprint density at radius 2 is 1.73 bits per heavy atom. The van der Waals surface area contributed by atoms with Gasteiger partial charge < -0.3 is 15.5 Å². The van der Waals surface area contributed by atoms with Crippen LogP contribution in [0.2, 0.25) is 0 Å². The van der Waals surface area contributed by atoms with Gasteiger partial charge in [-0.2, -0.15) is 0 Å². The molecule has 1 rings (SSSR count). The molecule has 0 radical (unpaired) electrons. The number of nitrogens with one attached hydrogen (secondary N) is 2. The number of benzene rings is 1. The van der Waals surface area contributed by atoms with Crippen molar-refractivity contribution < 1.29 is 18.8 Å². The normalized spacial score (nSPS) is 12.5. The van der Waals surface area contributed by atoms with Gasteiger partial charge in [0, 0.05) is 12.6 Å². The monoisotopic (exact) mass is 365 g/mol. The van der Waals surface area contributed by atoms with Gasteiger partial charge in [0.25, 0.3) is 5.91 Å². The lowest BCUT2D eigenvalue weighted by Gasteiger charge is -2.28. The Labute approximate surface area is 154 Å². The minimum Gasteiger partial charge on any atom is -0.350 e. The summed E-state index contributed by atoms with van der Waals surface area (Å²) < 4.78 is 13.8. The molecule has 0 aliphatic heterocycles. The lowest BCUT2D eigenvalue weighted by molar-refractivity contribution is -0.137. The van der Waals surface area contributed by atoms with Gasteiger partial charge in [-0.15, -0.1) is 0 Å². The van der Waals surface area contributed by atoms with Gasteiger partial charge in [0.15, 0.2) is 0 Å². The molecule has 144 valence electrons. The van der Waals surface area contributed by atoms with Gasteiger partial charge >= 0.3 is 0 Å². The molecule has 6 nitrogen and oxygen atoms in total. The standard InChI is InChI=1S/C19H28FN3O3/c1-12(2)16(21-17(25)13-9-7-8-10-14(13)20)18(26)23(6)11-15(24)22-19(3,4)5/h7-10,12,16H,11H2,1-6H3,(H,21,25)(H,22,24)/t16-/m0/s1. The summed E-state index contributed by atoms with van der Waals surface area (Å²) in [6.45, 7) is 8.95. The van der Waals surface area contributed by atoms with Crippen LogP contribution in [0.5, 0.6) is 0 Å². The van der Waals surface area contributed by atoms with E-state index < -0.39 is 29.2 Å². The predicted molar refractivity (Wildman–Crippen MR) is 98.0 cm³/mol. The fourth-order valence-corrected chi connectivity index (χ4v) is 2.37. The summed E-state index contributed by atoms with van der Waals surface area (Å²) in [6.07, 6.45) is 0. The summed E-state index contributed by atoms with van der Waals surface area (Å²) in [5.74, 6) is -2.25. The minimum absolute atomic E-state index is 0.126. The second kappa shape index (κ2) is 8.78. The molecule has 2 N–H and O–H groups in total. The highest BCUT2D eigenvalue weighted by Gasteiger charge is 2.29. The number of carbonyl (C=O) groups excluding carboxylic acids is 3. The van der Waals surface area contributed by atoms with Gasteiger partial charge in [-0.25, -0.2) is 4.39 Å². The predicted octanol–water partition coefficient (Wildman–Crippen LogP) is 1.95. The lowest BCUT2D eigenvalue weighted by Crippen LogP contribution is -2.53. The molecule has 0 saturated carbocycles. The second-order valence-electron chi connectivity index (χ2n) is 7.67. The van der Waals surface area contributed by atoms with Crippen molar-refractivity contribution in [1.82, 2.24) is 15.5 Å². The molecule has 26 heavy (non-hydrogen) atoms. The van der Waals surface area contributed by atoms with Crippen LogP contribution in [0.4, 0.5) is 4.39 Å². The molecule has 0 saturated heterocycles. The maximum absolute atomic E-state index is 13.8. The molecule has 0 fully saturated rings. The smallest absolute Gasteiger partial charge is 0.254 e. The fraction of sp³-hybridized carbons (Fsp3) is 0.526. The Bertz CT molecular complexity index is 668. The van der Waals surface area contributed by atoms with Gasteiger partial charge in [-0.05, 0) is 38.8 Å². The van der Waals surface area contributed by atoms with E-state index in [0.717, 1.165) is 0 Å². The van der Waals surface area contributed by atoms with Crippen LogP contribution in [0.3, 0.4) is 0 Å². The molecule has 0 aliphatic carbocycles. The number of carbonyl (C=O) groups is 3. The van der Waals surface area contributed by atoms with E-state index in [9.17, 15) is 18.8 Å². The maximum Gasteiger partial charge on any atom is 0.254 e. The average molecular weight is 365 g/mol. The molecule has 0 heterocycles. The van der Waals surface area contributed by atoms with Crippen molar-refractivity contribution in [2.75, 3.05) is 13.6 Å². The molecular weight excluding hydrogens is 337 g/mol. The number of hydrogen-bond donors (Lipinski definition) is 2. The summed E-state index contributed by atoms with van der Waals surface area (Å²) in [5.41, 5.74) is -0.531. The summed E-state index contributed by atoms with van der Waals surface area (Å²) in [6, 6.07) is 4.71. The molecule has 0 bridgehead atoms. The second-order valence-corrected chi connectivity index (χ2v) is 7.67. The van der Waals surface area contributed by atoms with E-state index in [4.69, 9.17) is 0 Å². The molecule has 1 aromatic rings. The number of amides is 3. The number of likely N-dealkylation sites (N-methyl/N-ethyl adjacent to an activating group) is 1. The third-order valence-corrected chi connectivity index (χ3v) is 3.61. The van der Waals surface area contributed by atoms with Crippen LogP contribution in [-0.4, -0.2) is 47.8 Å². The molecule has 0 unspecified atom stereocenters. The van der Waals surface area contributed by atoms with Crippen LogP contribution in [-0.2, 0) is 9.59 Å². The van der Waals surface area contributed by atoms with Crippen LogP contribution in [0.1, 0.15) is 45.0 Å². The van der Waals surface area contributed by atoms with Crippen LogP contribution in [0.15, 0.2) is 24.3 Å². The van der Waals surface area contributed by atoms with Gasteiger partial charge in [0.2, 0.25) is 11.8 Å². The van der Waals surface area contributed by atoms with E-state index in [1.807, 2.05) is 20.8 Å². The van der Waals surface area contributed by atoms with E-state index in [-0.39, 0.29) is 23.9 Å². The van der Waals surface area contributed by atoms with Crippen molar-refractivity contribution in [3.8, 4) is 0 Å². The largest absolute Gasteiger partial charge is 0.350 e. The first kappa shape index (κ1) is 21.6. The minimum atomic E-state index is -0.866. The van der Waals surface area contributed by atoms with Gasteiger partial charge in [0.05, 0.1) is 12.1 Å². The van der Waals surface area contributed by atoms with Crippen LogP contribution >= 0.6 is 0 Å². The molecule has 3 amide bonds. The Hall–Kier alpha value is -2.44. The summed E-state index contributed by atoms with van der Waals surface area (Å²) in [7, 11) is 1.50. The number of halogens is 1. The number of rotatable bonds is 6. The quantitative estimate of drug-likeness (QED) is 0.809. The zero-order valence-electron chi connectivity index (χ0n) is 16.2. The molecule has 1 aromatic carbocycles. The summed E-state index contributed by atoms with van der Waals surface area (Å²) in [4.78, 5) is 38.3. The van der Waals surface area contributed by atoms with E-state index >= 15 is 0 Å². The Morgan fingerprint density at radius 1 is 1.15 bits per heavy atom. The molecule has 0 spiro atoms. The molecule has 0 aromatic heterocycles. The zero-order chi connectivity index (χ0) is 20.1. The van der Waals surface area contributed by atoms with E-state index in [1.54, 1.807) is 19.9 Å². The number of hydrogen-bond acceptors (Lipinski definition) is 3. The molecule has 1 atom stereocenters. The Kier molecular flexibility index (Phi) is 7.29. The van der Waals surface area contributed by atoms with Crippen molar-refractivity contribution in [2.45, 2.75) is 46.2 Å². The van der Waals surface area contributed by atoms with Crippen molar-refractivity contribution in [3.05, 3.63) is 35.6 Å². The highest BCUT2D eigenvalue weighted by molar-refractivity contribution is 5.98. The van der Waals surface area contributed by atoms with Crippen LogP contribution in [0.25, 0.3) is 0 Å². The number of nitrogens with zero attached hydrogens (tertiary/aromatic N) is 1. The highest BCUT2D eigenvalue weighted by Crippen LogP contribution is 2.10. The molecule has 7 heteroatoms. The zero-order valence-corrected chi connectivity index (χ0v) is 16.2. The summed E-state index contributed by atoms with van der Waals surface area (Å²) >= 11 is 0. The van der Waals surface area contributed by atoms with Gasteiger partial charge in [0.1, 0.15) is 11.9 Å². The Morgan fingerprint density at radius 3 is 2.23 bits per heavy atom. The van der Waals surface area contributed by atoms with Crippen molar-refractivity contribution in [1.29, 1.82) is 0 Å². The molecule has 0 aliphatic rings. The lowest BCUT2D eigenvalue weighted by atomic mass is 10.0. The molecular formula is C19H28FN3O3. The van der Waals surface area contributed by atoms with E-state index in [0.29, 0.717) is 0 Å². The fourth-order valence-electron chi connectivity index (χ4n) is 2.37. The first-order chi connectivity index (χ1) is 11.9. The van der Waals surface area contributed by atoms with Crippen molar-refractivity contribution in [3.63, 3.8) is 0 Å². The first-order valence-corrected chi connectivity index (χ1v) is 8.53. The third kappa shape index (κ3) is 6.46. The Balaban J connectivity index is 2.82. The SMILES string of the molecule is CC(C)[C@H](NC(=O)c1ccccc1F)C(=O)N(C)CC(=O)NC(C)(C)C. The van der Waals surface area contributed by atoms with Crippen LogP contribution in [0, 0.1) is 11.7 Å². The first-order valence-electron chi connectivity index (χ1n) is 8.53. The van der Waals surface area contributed by atoms with E-state index in [2.05, 4.69) is 10.6 Å². The summed E-state index contributed by atoms with van der Waals surface area (Å²) in [5, 5.41) is 5.35. The van der Waals surface area contributed by atoms with E-state index in [1.165, 1.54) is 30.1 Å². The van der Waals surface area contributed by atoms with Crippen molar-refractivity contribution >= 4 is 17.7 Å². The average Bonchev–Trinajstić information content (AvgIpc) is 2.49. The topological polar surface area (TPSA) is 78.5 Å². The van der Waals surface area contributed by atoms with Crippen LogP contribution < -0.4 is 10.6 Å². The van der Waals surface area contributed by atoms with Crippen molar-refractivity contribution in [2.24, 2.45) is 5.92 Å². The van der Waals surface area contributed by atoms with Gasteiger partial charge in [-0.1, -0.05) is 26.0 Å². The van der Waals surface area contributed by atoms with Gasteiger partial charge in [-0.3, -0.25) is 14.4 Å². The third-order valence-electron chi connectivity index (χ3n) is 3.61. The highest BCUT2D eigenvalue weighted by atomic mass is 19.1. The maximum atomic E-state index is 13.8.